The van der Waals surface area contributed by atoms with E-state index in [0.717, 1.165) is 6.33 Å². The van der Waals surface area contributed by atoms with E-state index in [9.17, 15) is 29.1 Å². The van der Waals surface area contributed by atoms with Crippen LogP contribution < -0.4 is 5.73 Å². The Bertz CT molecular complexity index is 1030. The summed E-state index contributed by atoms with van der Waals surface area (Å²) in [5.41, 5.74) is 5.96. The Balaban J connectivity index is 1.77. The summed E-state index contributed by atoms with van der Waals surface area (Å²) in [7, 11) is -16.0. The van der Waals surface area contributed by atoms with Crippen LogP contribution >= 0.6 is 23.6 Å². The highest BCUT2D eigenvalue weighted by molar-refractivity contribution is 7.69. The lowest BCUT2D eigenvalue weighted by Crippen LogP contribution is -2.33. The highest BCUT2D eigenvalue weighted by Gasteiger charge is 2.52. The minimum Gasteiger partial charge on any atom is -0.387 e. The first kappa shape index (κ1) is 23.5. The number of rotatable bonds is 7. The molecule has 2 aromatic heterocycles. The SMILES string of the molecule is Nc1ncnc2c1ncn2[C@@H]1O[C@H](CP(=O)(O)OP(=O)(O)O[P+](O)(O)O)[C@@H](O)[C@H]1O. The molecular weight excluding hydrogens is 475 g/mol. The molecule has 20 heteroatoms. The predicted molar refractivity (Wildman–Crippen MR) is 95.9 cm³/mol. The van der Waals surface area contributed by atoms with Crippen LogP contribution in [0.4, 0.5) is 5.82 Å². The molecule has 17 nitrogen and oxygen atoms in total. The molecule has 0 aliphatic carbocycles. The van der Waals surface area contributed by atoms with E-state index in [1.54, 1.807) is 0 Å². The second-order valence-corrected chi connectivity index (χ2v) is 11.0. The number of nitrogen functional groups attached to an aromatic ring is 1. The van der Waals surface area contributed by atoms with Crippen LogP contribution in [0.3, 0.4) is 0 Å². The van der Waals surface area contributed by atoms with Crippen LogP contribution in [-0.2, 0) is 22.5 Å². The fourth-order valence-electron chi connectivity index (χ4n) is 2.74. The molecule has 1 fully saturated rings. The first-order valence-corrected chi connectivity index (χ1v) is 12.6. The van der Waals surface area contributed by atoms with E-state index in [4.69, 9.17) is 25.2 Å². The van der Waals surface area contributed by atoms with Crippen LogP contribution in [0.25, 0.3) is 11.2 Å². The molecule has 168 valence electrons. The third-order valence-electron chi connectivity index (χ3n) is 3.85. The van der Waals surface area contributed by atoms with Gasteiger partial charge in [0.25, 0.3) is 0 Å². The number of nitrogens with zero attached hydrogens (tertiary/aromatic N) is 4. The standard InChI is InChI=1S/C10H16N5O12P3/c11-8-5-9(13-2-12-8)15(3-14-5)10-7(17)6(16)4(25-10)1-28(18,19)26-30(23,24)27-29(20,21)22/h2-4,6-7,10,16-17,20-22H,1H2,(H3-,11,12,13,18,19,23,24)/p+1/t4-,6-,7-,10-/m1/s1. The number of aliphatic hydroxyl groups is 2. The van der Waals surface area contributed by atoms with Gasteiger partial charge in [-0.2, -0.15) is 14.7 Å². The maximum Gasteiger partial charge on any atom is 0.578 e. The zero-order chi connectivity index (χ0) is 22.5. The maximum absolute atomic E-state index is 12.1. The number of ether oxygens (including phenoxy) is 1. The average molecular weight is 492 g/mol. The zero-order valence-corrected chi connectivity index (χ0v) is 17.2. The van der Waals surface area contributed by atoms with Crippen molar-refractivity contribution in [2.75, 3.05) is 11.9 Å². The van der Waals surface area contributed by atoms with Gasteiger partial charge in [-0.15, -0.1) is 0 Å². The number of fused-ring (bicyclic) bond motifs is 1. The van der Waals surface area contributed by atoms with Crippen molar-refractivity contribution in [3.05, 3.63) is 12.7 Å². The lowest BCUT2D eigenvalue weighted by Gasteiger charge is -2.19. The lowest BCUT2D eigenvalue weighted by atomic mass is 10.1. The second kappa shape index (κ2) is 8.07. The summed E-state index contributed by atoms with van der Waals surface area (Å²) >= 11 is 0. The number of phosphoric acid groups is 1. The van der Waals surface area contributed by atoms with E-state index in [0.29, 0.717) is 0 Å². The summed E-state index contributed by atoms with van der Waals surface area (Å²) < 4.78 is 37.8. The molecule has 1 saturated heterocycles. The zero-order valence-electron chi connectivity index (χ0n) is 14.6. The average Bonchev–Trinajstić information content (AvgIpc) is 3.09. The molecule has 0 aromatic carbocycles. The van der Waals surface area contributed by atoms with Crippen molar-refractivity contribution < 1.29 is 57.2 Å². The monoisotopic (exact) mass is 492 g/mol. The highest BCUT2D eigenvalue weighted by atomic mass is 31.3. The summed E-state index contributed by atoms with van der Waals surface area (Å²) in [6.45, 7) is 0. The van der Waals surface area contributed by atoms with Crippen molar-refractivity contribution in [2.45, 2.75) is 24.5 Å². The van der Waals surface area contributed by atoms with Crippen molar-refractivity contribution in [2.24, 2.45) is 0 Å². The predicted octanol–water partition coefficient (Wildman–Crippen LogP) is -2.00. The summed E-state index contributed by atoms with van der Waals surface area (Å²) in [4.78, 5) is 56.6. The molecule has 3 heterocycles. The molecule has 0 amide bonds. The van der Waals surface area contributed by atoms with E-state index < -0.39 is 54.3 Å². The van der Waals surface area contributed by atoms with Gasteiger partial charge in [-0.05, 0) is 4.31 Å². The van der Waals surface area contributed by atoms with Crippen LogP contribution in [0.1, 0.15) is 6.23 Å². The van der Waals surface area contributed by atoms with Gasteiger partial charge >= 0.3 is 23.6 Å². The van der Waals surface area contributed by atoms with Crippen molar-refractivity contribution >= 4 is 40.6 Å². The Labute approximate surface area is 167 Å². The molecule has 0 saturated carbocycles. The van der Waals surface area contributed by atoms with Gasteiger partial charge in [0, 0.05) is 0 Å². The maximum atomic E-state index is 12.1. The summed E-state index contributed by atoms with van der Waals surface area (Å²) in [5, 5.41) is 20.4. The normalized spacial score (nSPS) is 29.0. The van der Waals surface area contributed by atoms with Crippen molar-refractivity contribution in [3.63, 3.8) is 0 Å². The Morgan fingerprint density at radius 3 is 2.47 bits per heavy atom. The molecule has 0 bridgehead atoms. The van der Waals surface area contributed by atoms with Gasteiger partial charge in [0.2, 0.25) is 0 Å². The van der Waals surface area contributed by atoms with E-state index in [-0.39, 0.29) is 17.0 Å². The molecule has 0 spiro atoms. The molecule has 2 aromatic rings. The third-order valence-corrected chi connectivity index (χ3v) is 8.22. The molecule has 1 aliphatic rings. The van der Waals surface area contributed by atoms with Crippen LogP contribution in [0, 0.1) is 0 Å². The third kappa shape index (κ3) is 5.18. The first-order chi connectivity index (χ1) is 13.7. The minimum atomic E-state index is -5.59. The molecule has 2 unspecified atom stereocenters. The van der Waals surface area contributed by atoms with Crippen molar-refractivity contribution in [3.8, 4) is 0 Å². The lowest BCUT2D eigenvalue weighted by molar-refractivity contribution is -0.0299. The van der Waals surface area contributed by atoms with Crippen LogP contribution in [0.2, 0.25) is 0 Å². The van der Waals surface area contributed by atoms with Gasteiger partial charge in [-0.3, -0.25) is 14.0 Å². The van der Waals surface area contributed by atoms with Gasteiger partial charge in [-0.1, -0.05) is 0 Å². The van der Waals surface area contributed by atoms with Crippen LogP contribution in [0.15, 0.2) is 12.7 Å². The minimum absolute atomic E-state index is 0.0332. The number of aromatic nitrogens is 4. The van der Waals surface area contributed by atoms with Crippen molar-refractivity contribution in [1.29, 1.82) is 0 Å². The van der Waals surface area contributed by atoms with Gasteiger partial charge in [0.05, 0.1) is 12.5 Å². The molecular formula is C10H17N5O12P3+. The molecule has 0 radical (unpaired) electrons. The topological polar surface area (TPSA) is 273 Å². The Hall–Kier alpha value is -1.16. The molecule has 9 N–H and O–H groups in total. The number of hydrogen-bond donors (Lipinski definition) is 8. The number of nitrogens with two attached hydrogens (primary N) is 1. The molecule has 1 aliphatic heterocycles. The summed E-state index contributed by atoms with van der Waals surface area (Å²) in [5.74, 6) is 0.0332. The highest BCUT2D eigenvalue weighted by Crippen LogP contribution is 2.68. The number of aliphatic hydroxyl groups excluding tert-OH is 2. The Kier molecular flexibility index (Phi) is 6.33. The molecule has 3 rings (SSSR count). The van der Waals surface area contributed by atoms with Gasteiger partial charge < -0.3 is 25.6 Å². The number of anilines is 1. The van der Waals surface area contributed by atoms with E-state index in [2.05, 4.69) is 23.6 Å². The van der Waals surface area contributed by atoms with Crippen LogP contribution in [-0.4, -0.2) is 78.7 Å². The smallest absolute Gasteiger partial charge is 0.387 e. The quantitative estimate of drug-likeness (QED) is 0.194. The fraction of sp³-hybridized carbons (Fsp3) is 0.500. The van der Waals surface area contributed by atoms with E-state index in [1.807, 2.05) is 0 Å². The molecule has 6 atom stereocenters. The fourth-order valence-corrected chi connectivity index (χ4v) is 6.55. The molecule has 30 heavy (non-hydrogen) atoms. The van der Waals surface area contributed by atoms with E-state index in [1.165, 1.54) is 10.9 Å². The first-order valence-electron chi connectivity index (χ1n) is 7.78. The van der Waals surface area contributed by atoms with Crippen molar-refractivity contribution in [1.82, 2.24) is 19.5 Å². The van der Waals surface area contributed by atoms with Crippen LogP contribution in [0.5, 0.6) is 0 Å². The number of hydrogen-bond acceptors (Lipinski definition) is 14. The summed E-state index contributed by atoms with van der Waals surface area (Å²) in [6.07, 6.45) is -5.15. The summed E-state index contributed by atoms with van der Waals surface area (Å²) in [6, 6.07) is 0. The second-order valence-electron chi connectivity index (χ2n) is 6.09. The largest absolute Gasteiger partial charge is 0.578 e. The Morgan fingerprint density at radius 1 is 1.17 bits per heavy atom. The van der Waals surface area contributed by atoms with Gasteiger partial charge in [0.1, 0.15) is 30.2 Å². The number of imidazole rings is 1. The van der Waals surface area contributed by atoms with Gasteiger partial charge in [0.15, 0.2) is 17.7 Å². The Morgan fingerprint density at radius 2 is 1.83 bits per heavy atom. The van der Waals surface area contributed by atoms with Gasteiger partial charge in [-0.25, -0.2) is 23.8 Å². The van der Waals surface area contributed by atoms with E-state index >= 15 is 0 Å².